The standard InChI is InChI=1S/C14H21IN2O/c1-14(2,3)8-10(9-16)13(18)17-12-7-5-4-6-11(12)15/h4-7,10H,8-9,16H2,1-3H3,(H,17,18). The molecular formula is C14H21IN2O. The van der Waals surface area contributed by atoms with Gasteiger partial charge in [0.25, 0.3) is 0 Å². The predicted molar refractivity (Wildman–Crippen MR) is 84.4 cm³/mol. The topological polar surface area (TPSA) is 55.1 Å². The summed E-state index contributed by atoms with van der Waals surface area (Å²) in [6.45, 7) is 6.74. The molecule has 0 aliphatic rings. The van der Waals surface area contributed by atoms with Gasteiger partial charge in [-0.3, -0.25) is 4.79 Å². The zero-order chi connectivity index (χ0) is 13.8. The third-order valence-corrected chi connectivity index (χ3v) is 3.59. The summed E-state index contributed by atoms with van der Waals surface area (Å²) in [7, 11) is 0. The molecule has 0 aliphatic heterocycles. The first-order valence-electron chi connectivity index (χ1n) is 6.09. The van der Waals surface area contributed by atoms with E-state index in [9.17, 15) is 4.79 Å². The van der Waals surface area contributed by atoms with Crippen molar-refractivity contribution < 1.29 is 4.79 Å². The van der Waals surface area contributed by atoms with E-state index in [2.05, 4.69) is 48.7 Å². The molecule has 1 unspecified atom stereocenters. The molecular weight excluding hydrogens is 339 g/mol. The van der Waals surface area contributed by atoms with Gasteiger partial charge in [0, 0.05) is 10.1 Å². The maximum atomic E-state index is 12.2. The van der Waals surface area contributed by atoms with Crippen LogP contribution in [0.2, 0.25) is 0 Å². The first-order chi connectivity index (χ1) is 8.33. The molecule has 0 radical (unpaired) electrons. The lowest BCUT2D eigenvalue weighted by molar-refractivity contribution is -0.120. The van der Waals surface area contributed by atoms with Crippen molar-refractivity contribution in [1.29, 1.82) is 0 Å². The van der Waals surface area contributed by atoms with Gasteiger partial charge in [-0.2, -0.15) is 0 Å². The van der Waals surface area contributed by atoms with Crippen molar-refractivity contribution in [1.82, 2.24) is 0 Å². The van der Waals surface area contributed by atoms with E-state index >= 15 is 0 Å². The van der Waals surface area contributed by atoms with Crippen LogP contribution in [0.1, 0.15) is 27.2 Å². The molecule has 3 nitrogen and oxygen atoms in total. The number of anilines is 1. The molecule has 0 aromatic heterocycles. The van der Waals surface area contributed by atoms with Gasteiger partial charge in [-0.25, -0.2) is 0 Å². The molecule has 0 bridgehead atoms. The van der Waals surface area contributed by atoms with E-state index in [0.29, 0.717) is 6.54 Å². The highest BCUT2D eigenvalue weighted by Crippen LogP contribution is 2.25. The average molecular weight is 360 g/mol. The van der Waals surface area contributed by atoms with Gasteiger partial charge >= 0.3 is 0 Å². The number of benzene rings is 1. The Bertz CT molecular complexity index is 413. The molecule has 3 N–H and O–H groups in total. The summed E-state index contributed by atoms with van der Waals surface area (Å²) in [6.07, 6.45) is 0.790. The molecule has 0 aliphatic carbocycles. The van der Waals surface area contributed by atoms with Crippen LogP contribution in [0, 0.1) is 14.9 Å². The smallest absolute Gasteiger partial charge is 0.228 e. The fourth-order valence-corrected chi connectivity index (χ4v) is 2.34. The van der Waals surface area contributed by atoms with Crippen LogP contribution in [0.3, 0.4) is 0 Å². The van der Waals surface area contributed by atoms with Crippen molar-refractivity contribution in [3.8, 4) is 0 Å². The summed E-state index contributed by atoms with van der Waals surface area (Å²) in [5, 5.41) is 2.96. The van der Waals surface area contributed by atoms with Gasteiger partial charge in [-0.1, -0.05) is 32.9 Å². The van der Waals surface area contributed by atoms with Gasteiger partial charge in [0.05, 0.1) is 11.6 Å². The monoisotopic (exact) mass is 360 g/mol. The summed E-state index contributed by atoms with van der Waals surface area (Å²) in [6, 6.07) is 7.74. The minimum Gasteiger partial charge on any atom is -0.330 e. The van der Waals surface area contributed by atoms with Crippen molar-refractivity contribution in [2.75, 3.05) is 11.9 Å². The van der Waals surface area contributed by atoms with Crippen molar-refractivity contribution in [2.24, 2.45) is 17.1 Å². The van der Waals surface area contributed by atoms with Gasteiger partial charge in [-0.15, -0.1) is 0 Å². The zero-order valence-electron chi connectivity index (χ0n) is 11.2. The lowest BCUT2D eigenvalue weighted by Crippen LogP contribution is -2.32. The molecule has 1 aromatic rings. The third kappa shape index (κ3) is 4.94. The van der Waals surface area contributed by atoms with E-state index in [1.807, 2.05) is 24.3 Å². The number of carbonyl (C=O) groups is 1. The summed E-state index contributed by atoms with van der Waals surface area (Å²) in [4.78, 5) is 12.2. The normalized spacial score (nSPS) is 13.2. The van der Waals surface area contributed by atoms with Gasteiger partial charge < -0.3 is 11.1 Å². The SMILES string of the molecule is CC(C)(C)CC(CN)C(=O)Nc1ccccc1I. The van der Waals surface area contributed by atoms with Crippen LogP contribution in [0.5, 0.6) is 0 Å². The van der Waals surface area contributed by atoms with Crippen LogP contribution in [-0.4, -0.2) is 12.5 Å². The Morgan fingerprint density at radius 1 is 1.39 bits per heavy atom. The summed E-state index contributed by atoms with van der Waals surface area (Å²) < 4.78 is 1.04. The fraction of sp³-hybridized carbons (Fsp3) is 0.500. The lowest BCUT2D eigenvalue weighted by Gasteiger charge is -2.24. The Kier molecular flexibility index (Phi) is 5.59. The summed E-state index contributed by atoms with van der Waals surface area (Å²) >= 11 is 2.21. The fourth-order valence-electron chi connectivity index (χ4n) is 1.82. The third-order valence-electron chi connectivity index (χ3n) is 2.65. The van der Waals surface area contributed by atoms with Crippen molar-refractivity contribution in [2.45, 2.75) is 27.2 Å². The maximum Gasteiger partial charge on any atom is 0.228 e. The van der Waals surface area contributed by atoms with E-state index in [0.717, 1.165) is 15.7 Å². The highest BCUT2D eigenvalue weighted by molar-refractivity contribution is 14.1. The lowest BCUT2D eigenvalue weighted by atomic mass is 9.84. The number of nitrogens with two attached hydrogens (primary N) is 1. The minimum absolute atomic E-state index is 0.0107. The van der Waals surface area contributed by atoms with E-state index < -0.39 is 0 Å². The number of halogens is 1. The van der Waals surface area contributed by atoms with Crippen LogP contribution in [0.4, 0.5) is 5.69 Å². The zero-order valence-corrected chi connectivity index (χ0v) is 13.3. The van der Waals surface area contributed by atoms with Crippen molar-refractivity contribution in [3.05, 3.63) is 27.8 Å². The van der Waals surface area contributed by atoms with Gasteiger partial charge in [0.2, 0.25) is 5.91 Å². The number of nitrogens with one attached hydrogen (secondary N) is 1. The van der Waals surface area contributed by atoms with E-state index in [1.165, 1.54) is 0 Å². The van der Waals surface area contributed by atoms with Crippen LogP contribution in [-0.2, 0) is 4.79 Å². The average Bonchev–Trinajstić information content (AvgIpc) is 2.27. The van der Waals surface area contributed by atoms with Crippen LogP contribution in [0.25, 0.3) is 0 Å². The number of carbonyl (C=O) groups excluding carboxylic acids is 1. The predicted octanol–water partition coefficient (Wildman–Crippen LogP) is 3.24. The molecule has 0 saturated carbocycles. The summed E-state index contributed by atoms with van der Waals surface area (Å²) in [5.41, 5.74) is 6.67. The quantitative estimate of drug-likeness (QED) is 0.810. The molecule has 0 saturated heterocycles. The number of amides is 1. The Morgan fingerprint density at radius 3 is 2.50 bits per heavy atom. The Balaban J connectivity index is 2.72. The minimum atomic E-state index is -0.138. The Morgan fingerprint density at radius 2 is 2.00 bits per heavy atom. The second kappa shape index (κ2) is 6.52. The second-order valence-corrected chi connectivity index (χ2v) is 6.83. The summed E-state index contributed by atoms with van der Waals surface area (Å²) in [5.74, 6) is -0.127. The molecule has 1 atom stereocenters. The van der Waals surface area contributed by atoms with E-state index in [4.69, 9.17) is 5.73 Å². The molecule has 0 fully saturated rings. The molecule has 0 spiro atoms. The van der Waals surface area contributed by atoms with E-state index in [1.54, 1.807) is 0 Å². The number of rotatable bonds is 4. The Hall–Kier alpha value is -0.620. The van der Waals surface area contributed by atoms with Gasteiger partial charge in [0.15, 0.2) is 0 Å². The van der Waals surface area contributed by atoms with E-state index in [-0.39, 0.29) is 17.2 Å². The van der Waals surface area contributed by atoms with Crippen molar-refractivity contribution in [3.63, 3.8) is 0 Å². The van der Waals surface area contributed by atoms with Crippen molar-refractivity contribution >= 4 is 34.2 Å². The van der Waals surface area contributed by atoms with Crippen LogP contribution < -0.4 is 11.1 Å². The molecule has 1 amide bonds. The molecule has 1 aromatic carbocycles. The number of hydrogen-bond acceptors (Lipinski definition) is 2. The van der Waals surface area contributed by atoms with Crippen LogP contribution in [0.15, 0.2) is 24.3 Å². The molecule has 100 valence electrons. The molecule has 4 heteroatoms. The van der Waals surface area contributed by atoms with Crippen LogP contribution >= 0.6 is 22.6 Å². The molecule has 0 heterocycles. The number of hydrogen-bond donors (Lipinski definition) is 2. The highest BCUT2D eigenvalue weighted by Gasteiger charge is 2.24. The first kappa shape index (κ1) is 15.4. The molecule has 1 rings (SSSR count). The van der Waals surface area contributed by atoms with Gasteiger partial charge in [-0.05, 0) is 46.6 Å². The maximum absolute atomic E-state index is 12.2. The molecule has 18 heavy (non-hydrogen) atoms. The highest BCUT2D eigenvalue weighted by atomic mass is 127. The number of para-hydroxylation sites is 1. The largest absolute Gasteiger partial charge is 0.330 e. The first-order valence-corrected chi connectivity index (χ1v) is 7.17. The Labute approximate surface area is 123 Å². The second-order valence-electron chi connectivity index (χ2n) is 5.67. The van der Waals surface area contributed by atoms with Gasteiger partial charge in [0.1, 0.15) is 0 Å².